The Morgan fingerprint density at radius 2 is 2.04 bits per heavy atom. The summed E-state index contributed by atoms with van der Waals surface area (Å²) in [4.78, 5) is 5.03. The normalized spacial score (nSPS) is 21.4. The van der Waals surface area contributed by atoms with Gasteiger partial charge in [-0.1, -0.05) is 52.5 Å². The molecule has 0 radical (unpaired) electrons. The molecule has 1 aliphatic carbocycles. The Bertz CT molecular complexity index is 1060. The van der Waals surface area contributed by atoms with Crippen molar-refractivity contribution in [3.63, 3.8) is 0 Å². The van der Waals surface area contributed by atoms with Gasteiger partial charge in [0.15, 0.2) is 0 Å². The first-order chi connectivity index (χ1) is 13.7. The van der Waals surface area contributed by atoms with Crippen molar-refractivity contribution in [1.82, 2.24) is 5.32 Å². The highest BCUT2D eigenvalue weighted by Gasteiger charge is 2.32. The van der Waals surface area contributed by atoms with Crippen LogP contribution in [0.2, 0.25) is 5.02 Å². The van der Waals surface area contributed by atoms with Gasteiger partial charge in [0.05, 0.1) is 6.04 Å². The van der Waals surface area contributed by atoms with Gasteiger partial charge in [0.25, 0.3) is 0 Å². The number of thiophene rings is 1. The minimum atomic E-state index is 0.436. The van der Waals surface area contributed by atoms with Gasteiger partial charge < -0.3 is 5.32 Å². The standard InChI is InChI=1S/C23H22BrClN2S/c24-16-12-14(22-15(13-16)10-11-28-22)8-9-17-18(4-3-5-19(17)25)23-26-20-6-1-2-7-21(20)27-23/h3-5,10-13,20-21H,1-2,6-9H2,(H,26,27)/t20-,21-/m0/s1. The molecule has 0 bridgehead atoms. The highest BCUT2D eigenvalue weighted by molar-refractivity contribution is 9.10. The quantitative estimate of drug-likeness (QED) is 0.444. The van der Waals surface area contributed by atoms with Crippen molar-refractivity contribution in [2.24, 2.45) is 4.99 Å². The predicted octanol–water partition coefficient (Wildman–Crippen LogP) is 6.76. The molecule has 144 valence electrons. The van der Waals surface area contributed by atoms with Gasteiger partial charge in [-0.15, -0.1) is 11.3 Å². The SMILES string of the molecule is Clc1cccc(C2=N[C@H]3CCCC[C@@H]3N2)c1CCc1cc(Br)cc2ccsc12. The molecule has 2 aromatic carbocycles. The number of amidine groups is 1. The lowest BCUT2D eigenvalue weighted by molar-refractivity contribution is 0.385. The third-order valence-electron chi connectivity index (χ3n) is 5.96. The monoisotopic (exact) mass is 472 g/mol. The summed E-state index contributed by atoms with van der Waals surface area (Å²) in [5.41, 5.74) is 3.76. The van der Waals surface area contributed by atoms with E-state index in [4.69, 9.17) is 16.6 Å². The van der Waals surface area contributed by atoms with E-state index in [1.807, 2.05) is 23.5 Å². The van der Waals surface area contributed by atoms with E-state index in [9.17, 15) is 0 Å². The van der Waals surface area contributed by atoms with Crippen LogP contribution in [0.25, 0.3) is 10.1 Å². The van der Waals surface area contributed by atoms with Crippen molar-refractivity contribution in [1.29, 1.82) is 0 Å². The molecule has 5 rings (SSSR count). The molecule has 2 aliphatic rings. The number of hydrogen-bond donors (Lipinski definition) is 1. The van der Waals surface area contributed by atoms with E-state index in [1.165, 1.54) is 52.5 Å². The fraction of sp³-hybridized carbons (Fsp3) is 0.348. The maximum atomic E-state index is 6.67. The Morgan fingerprint density at radius 1 is 1.14 bits per heavy atom. The predicted molar refractivity (Wildman–Crippen MR) is 124 cm³/mol. The third kappa shape index (κ3) is 3.51. The second kappa shape index (κ2) is 7.81. The molecule has 2 nitrogen and oxygen atoms in total. The highest BCUT2D eigenvalue weighted by atomic mass is 79.9. The summed E-state index contributed by atoms with van der Waals surface area (Å²) in [6, 6.07) is 13.8. The molecule has 0 spiro atoms. The van der Waals surface area contributed by atoms with Gasteiger partial charge in [0.1, 0.15) is 5.84 Å². The number of aryl methyl sites for hydroxylation is 1. The Kier molecular flexibility index (Phi) is 5.20. The van der Waals surface area contributed by atoms with Gasteiger partial charge in [0.2, 0.25) is 0 Å². The molecule has 1 saturated carbocycles. The van der Waals surface area contributed by atoms with Crippen LogP contribution in [0.15, 0.2) is 51.2 Å². The zero-order valence-corrected chi connectivity index (χ0v) is 18.7. The average Bonchev–Trinajstić information content (AvgIpc) is 3.33. The van der Waals surface area contributed by atoms with Crippen LogP contribution in [0.4, 0.5) is 0 Å². The Hall–Kier alpha value is -1.36. The van der Waals surface area contributed by atoms with Crippen LogP contribution in [0.3, 0.4) is 0 Å². The second-order valence-electron chi connectivity index (χ2n) is 7.75. The fourth-order valence-electron chi connectivity index (χ4n) is 4.56. The summed E-state index contributed by atoms with van der Waals surface area (Å²) in [6.45, 7) is 0. The number of nitrogens with one attached hydrogen (secondary N) is 1. The van der Waals surface area contributed by atoms with Gasteiger partial charge in [0, 0.05) is 25.8 Å². The summed E-state index contributed by atoms with van der Waals surface area (Å²) in [7, 11) is 0. The Balaban J connectivity index is 1.45. The molecule has 1 aromatic heterocycles. The van der Waals surface area contributed by atoms with E-state index in [1.54, 1.807) is 0 Å². The van der Waals surface area contributed by atoms with Crippen LogP contribution in [0, 0.1) is 0 Å². The summed E-state index contributed by atoms with van der Waals surface area (Å²) in [5, 5.41) is 8.01. The van der Waals surface area contributed by atoms with Gasteiger partial charge in [-0.05, 0) is 71.8 Å². The first-order valence-electron chi connectivity index (χ1n) is 9.97. The number of rotatable bonds is 4. The van der Waals surface area contributed by atoms with Crippen LogP contribution >= 0.6 is 38.9 Å². The maximum Gasteiger partial charge on any atom is 0.129 e. The molecule has 3 aromatic rings. The first kappa shape index (κ1) is 18.7. The lowest BCUT2D eigenvalue weighted by Gasteiger charge is -2.23. The first-order valence-corrected chi connectivity index (χ1v) is 12.0. The highest BCUT2D eigenvalue weighted by Crippen LogP contribution is 2.32. The lowest BCUT2D eigenvalue weighted by Crippen LogP contribution is -2.37. The number of fused-ring (bicyclic) bond motifs is 2. The summed E-state index contributed by atoms with van der Waals surface area (Å²) in [6.07, 6.45) is 6.90. The van der Waals surface area contributed by atoms with Crippen molar-refractivity contribution in [2.75, 3.05) is 0 Å². The van der Waals surface area contributed by atoms with Gasteiger partial charge in [-0.25, -0.2) is 0 Å². The molecule has 1 N–H and O–H groups in total. The summed E-state index contributed by atoms with van der Waals surface area (Å²) in [5.74, 6) is 1.05. The van der Waals surface area contributed by atoms with Crippen LogP contribution < -0.4 is 5.32 Å². The number of aliphatic imine (C=N–C) groups is 1. The van der Waals surface area contributed by atoms with E-state index >= 15 is 0 Å². The van der Waals surface area contributed by atoms with Crippen molar-refractivity contribution in [3.8, 4) is 0 Å². The van der Waals surface area contributed by atoms with E-state index in [2.05, 4.69) is 50.9 Å². The van der Waals surface area contributed by atoms with Crippen molar-refractivity contribution in [3.05, 3.63) is 68.0 Å². The molecule has 0 unspecified atom stereocenters. The zero-order chi connectivity index (χ0) is 19.1. The molecule has 1 aliphatic heterocycles. The van der Waals surface area contributed by atoms with Gasteiger partial charge >= 0.3 is 0 Å². The molecule has 0 amide bonds. The van der Waals surface area contributed by atoms with Crippen LogP contribution in [-0.4, -0.2) is 17.9 Å². The van der Waals surface area contributed by atoms with Gasteiger partial charge in [-0.2, -0.15) is 0 Å². The molecule has 2 heterocycles. The van der Waals surface area contributed by atoms with Gasteiger partial charge in [-0.3, -0.25) is 4.99 Å². The van der Waals surface area contributed by atoms with Crippen molar-refractivity contribution < 1.29 is 0 Å². The Labute approximate surface area is 183 Å². The lowest BCUT2D eigenvalue weighted by atomic mass is 9.92. The van der Waals surface area contributed by atoms with Crippen LogP contribution in [-0.2, 0) is 12.8 Å². The molecule has 1 fully saturated rings. The van der Waals surface area contributed by atoms with Crippen LogP contribution in [0.5, 0.6) is 0 Å². The molecule has 0 saturated heterocycles. The third-order valence-corrected chi connectivity index (χ3v) is 7.78. The maximum absolute atomic E-state index is 6.67. The molecular formula is C23H22BrClN2S. The number of hydrogen-bond acceptors (Lipinski definition) is 3. The summed E-state index contributed by atoms with van der Waals surface area (Å²) < 4.78 is 2.51. The smallest absolute Gasteiger partial charge is 0.129 e. The minimum Gasteiger partial charge on any atom is -0.365 e. The second-order valence-corrected chi connectivity index (χ2v) is 9.99. The van der Waals surface area contributed by atoms with E-state index in [-0.39, 0.29) is 0 Å². The number of halogens is 2. The molecular weight excluding hydrogens is 452 g/mol. The average molecular weight is 474 g/mol. The van der Waals surface area contributed by atoms with Crippen molar-refractivity contribution >= 4 is 54.8 Å². The topological polar surface area (TPSA) is 24.4 Å². The zero-order valence-electron chi connectivity index (χ0n) is 15.6. The van der Waals surface area contributed by atoms with Crippen molar-refractivity contribution in [2.45, 2.75) is 50.6 Å². The van der Waals surface area contributed by atoms with E-state index in [0.717, 1.165) is 28.2 Å². The summed E-state index contributed by atoms with van der Waals surface area (Å²) >= 11 is 12.1. The largest absolute Gasteiger partial charge is 0.365 e. The fourth-order valence-corrected chi connectivity index (χ4v) is 6.27. The molecule has 5 heteroatoms. The van der Waals surface area contributed by atoms with Crippen LogP contribution in [0.1, 0.15) is 42.4 Å². The number of benzene rings is 2. The van der Waals surface area contributed by atoms with E-state index < -0.39 is 0 Å². The number of nitrogens with zero attached hydrogens (tertiary/aromatic N) is 1. The van der Waals surface area contributed by atoms with E-state index in [0.29, 0.717) is 12.1 Å². The minimum absolute atomic E-state index is 0.436. The Morgan fingerprint density at radius 3 is 2.93 bits per heavy atom. The molecule has 2 atom stereocenters. The molecule has 28 heavy (non-hydrogen) atoms.